The maximum Gasteiger partial charge on any atom is -0.153 e. The van der Waals surface area contributed by atoms with E-state index in [4.69, 9.17) is 26.5 Å². The molecule has 102 valence electrons. The fourth-order valence-corrected chi connectivity index (χ4v) is 0.923. The van der Waals surface area contributed by atoms with Gasteiger partial charge >= 0.3 is 65.9 Å². The third kappa shape index (κ3) is 25.2. The Morgan fingerprint density at radius 2 is 1.56 bits per heavy atom. The molecule has 1 rings (SSSR count). The van der Waals surface area contributed by atoms with Crippen molar-refractivity contribution in [3.05, 3.63) is 24.3 Å². The van der Waals surface area contributed by atoms with Gasteiger partial charge < -0.3 is 16.6 Å². The van der Waals surface area contributed by atoms with Crippen molar-refractivity contribution in [2.24, 2.45) is 11.5 Å². The minimum Gasteiger partial charge on any atom is -0.153 e. The molecule has 0 aliphatic carbocycles. The summed E-state index contributed by atoms with van der Waals surface area (Å²) >= 11 is 0.926. The zero-order valence-electron chi connectivity index (χ0n) is 11.1. The second-order valence-electron chi connectivity index (χ2n) is 2.88. The van der Waals surface area contributed by atoms with Gasteiger partial charge in [-0.25, -0.2) is 0 Å². The summed E-state index contributed by atoms with van der Waals surface area (Å²) in [7, 11) is 0. The van der Waals surface area contributed by atoms with E-state index in [1.54, 1.807) is 6.07 Å². The van der Waals surface area contributed by atoms with Crippen LogP contribution in [-0.4, -0.2) is 57.2 Å². The van der Waals surface area contributed by atoms with Crippen LogP contribution in [0.2, 0.25) is 0 Å². The molecular weight excluding hydrogens is 281 g/mol. The fraction of sp³-hybridized carbons (Fsp3) is 0.300. The van der Waals surface area contributed by atoms with Crippen molar-refractivity contribution in [1.29, 1.82) is 0 Å². The molecule has 2 unspecified atom stereocenters. The number of hydrogen-bond donors (Lipinski definition) is 4. The molecule has 1 aromatic carbocycles. The number of rotatable bonds is 1. The van der Waals surface area contributed by atoms with E-state index in [0.29, 0.717) is 18.8 Å². The van der Waals surface area contributed by atoms with Crippen LogP contribution in [0.3, 0.4) is 0 Å². The Kier molecular flexibility index (Phi) is 29.1. The first-order valence-electron chi connectivity index (χ1n) is 4.80. The molecule has 0 radical (unpaired) electrons. The molecule has 18 heavy (non-hydrogen) atoms. The van der Waals surface area contributed by atoms with Crippen LogP contribution >= 0.6 is 19.8 Å². The summed E-state index contributed by atoms with van der Waals surface area (Å²) < 4.78 is 1.06. The van der Waals surface area contributed by atoms with Crippen LogP contribution in [0.5, 0.6) is 5.75 Å². The van der Waals surface area contributed by atoms with Crippen molar-refractivity contribution in [2.75, 3.05) is 13.1 Å². The summed E-state index contributed by atoms with van der Waals surface area (Å²) in [5.41, 5.74) is 9.81. The van der Waals surface area contributed by atoms with Crippen molar-refractivity contribution in [3.63, 3.8) is 0 Å². The number of hydrogen-bond acceptors (Lipinski definition) is 4. The van der Waals surface area contributed by atoms with Crippen LogP contribution in [-0.2, 0) is 4.79 Å². The van der Waals surface area contributed by atoms with Crippen LogP contribution in [0.1, 0.15) is 6.92 Å². The molecule has 2 atom stereocenters. The number of aliphatic carboxylic acids is 1. The predicted octanol–water partition coefficient (Wildman–Crippen LogP) is -0.703. The number of benzene rings is 1. The quantitative estimate of drug-likeness (QED) is 0.405. The topological polar surface area (TPSA) is 110 Å². The Hall–Kier alpha value is 0.270. The Labute approximate surface area is 132 Å². The first-order chi connectivity index (χ1) is 7.45. The summed E-state index contributed by atoms with van der Waals surface area (Å²) in [6, 6.07) is 7.41. The van der Waals surface area contributed by atoms with Gasteiger partial charge in [0.2, 0.25) is 0 Å². The van der Waals surface area contributed by atoms with Crippen molar-refractivity contribution in [1.82, 2.24) is 0 Å². The average molecular weight is 304 g/mol. The maximum absolute atomic E-state index is 9.00. The van der Waals surface area contributed by atoms with Gasteiger partial charge in [-0.1, -0.05) is 0 Å². The standard InChI is InChI=1S/C6H5O.C2H8N2.C2H4O2.Na.2H3P/c7-6-4-2-1-3-5-6;3-1-2-4;1-2(3)4;;;/h1-4,7H;1-4H2;1H3,(H,3,4);;2*1H3. The molecule has 0 fully saturated rings. The second kappa shape index (κ2) is 19.6. The molecule has 0 bridgehead atoms. The Morgan fingerprint density at radius 1 is 1.22 bits per heavy atom. The van der Waals surface area contributed by atoms with Crippen LogP contribution in [0.4, 0.5) is 0 Å². The number of aromatic hydroxyl groups is 1. The summed E-state index contributed by atoms with van der Waals surface area (Å²) in [5, 5.41) is 16.4. The van der Waals surface area contributed by atoms with Gasteiger partial charge in [-0.3, -0.25) is 4.79 Å². The van der Waals surface area contributed by atoms with Gasteiger partial charge in [0.1, 0.15) is 0 Å². The van der Waals surface area contributed by atoms with Crippen LogP contribution in [0.25, 0.3) is 0 Å². The average Bonchev–Trinajstić information content (AvgIpc) is 2.22. The molecule has 0 amide bonds. The number of phenols is 1. The van der Waals surface area contributed by atoms with Gasteiger partial charge in [-0.2, -0.15) is 19.8 Å². The predicted molar refractivity (Wildman–Crippen MR) is 87.1 cm³/mol. The van der Waals surface area contributed by atoms with Gasteiger partial charge in [0.05, 0.1) is 0 Å². The monoisotopic (exact) mass is 304 g/mol. The van der Waals surface area contributed by atoms with Gasteiger partial charge in [-0.15, -0.1) is 0 Å². The number of carboxylic acid groups (broad SMARTS) is 1. The van der Waals surface area contributed by atoms with Crippen LogP contribution < -0.4 is 14.3 Å². The third-order valence-electron chi connectivity index (χ3n) is 1.28. The van der Waals surface area contributed by atoms with E-state index in [2.05, 4.69) is 0 Å². The van der Waals surface area contributed by atoms with Crippen molar-refractivity contribution >= 4 is 56.5 Å². The zero-order valence-corrected chi connectivity index (χ0v) is 15.9. The van der Waals surface area contributed by atoms with E-state index < -0.39 is 5.97 Å². The minimum absolute atomic E-state index is 0. The molecular formula is C10H23N2NaO3P2. The van der Waals surface area contributed by atoms with E-state index in [9.17, 15) is 0 Å². The van der Waals surface area contributed by atoms with Crippen LogP contribution in [0.15, 0.2) is 24.3 Å². The van der Waals surface area contributed by atoms with Gasteiger partial charge in [0, 0.05) is 20.0 Å². The first kappa shape index (κ1) is 26.8. The normalized spacial score (nSPS) is 7.17. The first-order valence-corrected chi connectivity index (χ1v) is 5.80. The number of phenolic OH excluding ortho intramolecular Hbond substituents is 1. The number of nitrogens with two attached hydrogens (primary N) is 2. The maximum atomic E-state index is 9.00. The molecule has 1 aromatic rings. The van der Waals surface area contributed by atoms with Crippen molar-refractivity contribution < 1.29 is 15.0 Å². The molecule has 0 spiro atoms. The number of carbonyl (C=O) groups is 1. The molecule has 6 N–H and O–H groups in total. The van der Waals surface area contributed by atoms with E-state index >= 15 is 0 Å². The second-order valence-corrected chi connectivity index (χ2v) is 3.96. The minimum atomic E-state index is -0.833. The summed E-state index contributed by atoms with van der Waals surface area (Å²) in [4.78, 5) is 9.00. The van der Waals surface area contributed by atoms with E-state index in [0.717, 1.165) is 37.7 Å². The largest absolute Gasteiger partial charge is 0.153 e. The van der Waals surface area contributed by atoms with Crippen molar-refractivity contribution in [3.8, 4) is 5.75 Å². The Bertz CT molecular complexity index is 277. The summed E-state index contributed by atoms with van der Waals surface area (Å²) in [6.45, 7) is 2.28. The van der Waals surface area contributed by atoms with Gasteiger partial charge in [0.25, 0.3) is 5.97 Å². The fourth-order valence-electron chi connectivity index (χ4n) is 0.563. The van der Waals surface area contributed by atoms with Gasteiger partial charge in [-0.05, 0) is 0 Å². The van der Waals surface area contributed by atoms with E-state index in [1.165, 1.54) is 0 Å². The molecule has 0 aliphatic rings. The Morgan fingerprint density at radius 3 is 1.72 bits per heavy atom. The van der Waals surface area contributed by atoms with Crippen LogP contribution in [0, 0.1) is 0 Å². The number of carboxylic acids is 1. The summed E-state index contributed by atoms with van der Waals surface area (Å²) in [6.07, 6.45) is 0. The van der Waals surface area contributed by atoms with E-state index in [-0.39, 0.29) is 19.8 Å². The molecule has 0 saturated heterocycles. The molecule has 0 aliphatic heterocycles. The van der Waals surface area contributed by atoms with E-state index in [1.807, 2.05) is 18.2 Å². The smallest absolute Gasteiger partial charge is 0.153 e. The molecule has 0 heterocycles. The number of para-hydroxylation sites is 1. The van der Waals surface area contributed by atoms with Gasteiger partial charge in [0.15, 0.2) is 0 Å². The molecule has 5 nitrogen and oxygen atoms in total. The SMILES string of the molecule is CC(=O)O.NCCN.Oc1cccc[c]1[Na].P.P. The zero-order chi connectivity index (χ0) is 13.0. The molecule has 0 aromatic heterocycles. The molecule has 0 saturated carbocycles. The molecule has 8 heteroatoms. The summed E-state index contributed by atoms with van der Waals surface area (Å²) in [5.74, 6) is -0.404. The Balaban J connectivity index is -0.0000000860. The van der Waals surface area contributed by atoms with Crippen molar-refractivity contribution in [2.45, 2.75) is 6.92 Å². The third-order valence-corrected chi connectivity index (χ3v) is 2.13.